The van der Waals surface area contributed by atoms with Crippen LogP contribution in [0.15, 0.2) is 0 Å². The third-order valence-corrected chi connectivity index (χ3v) is 1.89. The van der Waals surface area contributed by atoms with E-state index in [1.807, 2.05) is 6.92 Å². The summed E-state index contributed by atoms with van der Waals surface area (Å²) in [6, 6.07) is -0.546. The van der Waals surface area contributed by atoms with Crippen molar-refractivity contribution in [1.29, 1.82) is 0 Å². The third kappa shape index (κ3) is 1.12. The standard InChI is InChI=1S/C6H12N2O2/c1-3-2-8-4(5(3)9)6(7)10/h3-5,8-9H,2H2,1H3,(H2,7,10)/t3-,4-,5-/m0/s1. The SMILES string of the molecule is C[C@H]1CN[C@H](C(N)=O)[C@H]1O. The number of hydrogen-bond donors (Lipinski definition) is 3. The van der Waals surface area contributed by atoms with Gasteiger partial charge in [0.1, 0.15) is 6.04 Å². The number of hydrogen-bond acceptors (Lipinski definition) is 3. The second kappa shape index (κ2) is 2.56. The van der Waals surface area contributed by atoms with Gasteiger partial charge in [-0.2, -0.15) is 0 Å². The number of nitrogens with two attached hydrogens (primary N) is 1. The lowest BCUT2D eigenvalue weighted by atomic mass is 10.0. The molecule has 0 saturated carbocycles. The highest BCUT2D eigenvalue weighted by atomic mass is 16.3. The second-order valence-electron chi connectivity index (χ2n) is 2.76. The average Bonchev–Trinajstić information content (AvgIpc) is 2.14. The number of rotatable bonds is 1. The summed E-state index contributed by atoms with van der Waals surface area (Å²) in [6.07, 6.45) is -0.613. The van der Waals surface area contributed by atoms with Gasteiger partial charge >= 0.3 is 0 Å². The maximum absolute atomic E-state index is 10.6. The molecule has 0 aliphatic carbocycles. The van der Waals surface area contributed by atoms with Crippen LogP contribution in [-0.4, -0.2) is 29.7 Å². The molecule has 1 amide bonds. The van der Waals surface area contributed by atoms with Crippen LogP contribution < -0.4 is 11.1 Å². The fourth-order valence-corrected chi connectivity index (χ4v) is 1.15. The highest BCUT2D eigenvalue weighted by molar-refractivity contribution is 5.81. The molecule has 3 atom stereocenters. The van der Waals surface area contributed by atoms with Crippen LogP contribution in [0.25, 0.3) is 0 Å². The van der Waals surface area contributed by atoms with E-state index in [9.17, 15) is 9.90 Å². The van der Waals surface area contributed by atoms with Gasteiger partial charge in [0.15, 0.2) is 0 Å². The van der Waals surface area contributed by atoms with Gasteiger partial charge in [-0.15, -0.1) is 0 Å². The van der Waals surface area contributed by atoms with E-state index in [4.69, 9.17) is 5.73 Å². The fraction of sp³-hybridized carbons (Fsp3) is 0.833. The number of aliphatic hydroxyl groups excluding tert-OH is 1. The molecule has 0 unspecified atom stereocenters. The third-order valence-electron chi connectivity index (χ3n) is 1.89. The molecule has 0 aromatic heterocycles. The molecule has 1 aliphatic heterocycles. The molecule has 10 heavy (non-hydrogen) atoms. The first-order chi connectivity index (χ1) is 4.63. The minimum atomic E-state index is -0.613. The first kappa shape index (κ1) is 7.50. The summed E-state index contributed by atoms with van der Waals surface area (Å²) in [5.74, 6) is -0.352. The quantitative estimate of drug-likeness (QED) is 0.416. The molecular weight excluding hydrogens is 132 g/mol. The predicted octanol–water partition coefficient (Wildman–Crippen LogP) is -1.56. The van der Waals surface area contributed by atoms with Crippen LogP contribution in [0, 0.1) is 5.92 Å². The first-order valence-electron chi connectivity index (χ1n) is 3.33. The van der Waals surface area contributed by atoms with Crippen molar-refractivity contribution in [3.63, 3.8) is 0 Å². The second-order valence-corrected chi connectivity index (χ2v) is 2.76. The van der Waals surface area contributed by atoms with Crippen molar-refractivity contribution in [1.82, 2.24) is 5.32 Å². The van der Waals surface area contributed by atoms with Gasteiger partial charge in [-0.25, -0.2) is 0 Å². The fourth-order valence-electron chi connectivity index (χ4n) is 1.15. The van der Waals surface area contributed by atoms with Gasteiger partial charge in [-0.05, 0) is 5.92 Å². The van der Waals surface area contributed by atoms with E-state index in [1.54, 1.807) is 0 Å². The van der Waals surface area contributed by atoms with Crippen molar-refractivity contribution in [3.05, 3.63) is 0 Å². The van der Waals surface area contributed by atoms with Crippen molar-refractivity contribution in [3.8, 4) is 0 Å². The van der Waals surface area contributed by atoms with Crippen molar-refractivity contribution in [2.24, 2.45) is 11.7 Å². The summed E-state index contributed by atoms with van der Waals surface area (Å²) in [4.78, 5) is 10.6. The normalized spacial score (nSPS) is 40.0. The molecule has 1 rings (SSSR count). The maximum atomic E-state index is 10.6. The molecule has 0 bridgehead atoms. The molecule has 58 valence electrons. The van der Waals surface area contributed by atoms with Crippen molar-refractivity contribution in [2.75, 3.05) is 6.54 Å². The van der Waals surface area contributed by atoms with Gasteiger partial charge in [0, 0.05) is 6.54 Å². The Hall–Kier alpha value is -0.610. The molecule has 0 radical (unpaired) electrons. The van der Waals surface area contributed by atoms with Crippen LogP contribution in [0.3, 0.4) is 0 Å². The zero-order chi connectivity index (χ0) is 7.72. The zero-order valence-electron chi connectivity index (χ0n) is 5.87. The molecule has 1 saturated heterocycles. The Labute approximate surface area is 59.4 Å². The summed E-state index contributed by atoms with van der Waals surface area (Å²) >= 11 is 0. The predicted molar refractivity (Wildman–Crippen MR) is 36.2 cm³/mol. The number of aliphatic hydroxyl groups is 1. The van der Waals surface area contributed by atoms with Gasteiger partial charge in [-0.3, -0.25) is 4.79 Å². The topological polar surface area (TPSA) is 75.3 Å². The highest BCUT2D eigenvalue weighted by Crippen LogP contribution is 2.12. The molecule has 4 nitrogen and oxygen atoms in total. The van der Waals surface area contributed by atoms with Crippen molar-refractivity contribution >= 4 is 5.91 Å². The minimum absolute atomic E-state index is 0.123. The van der Waals surface area contributed by atoms with Crippen LogP contribution in [-0.2, 0) is 4.79 Å². The molecule has 1 aliphatic rings. The van der Waals surface area contributed by atoms with Crippen LogP contribution in [0.1, 0.15) is 6.92 Å². The van der Waals surface area contributed by atoms with E-state index in [1.165, 1.54) is 0 Å². The molecule has 0 aromatic carbocycles. The number of nitrogens with one attached hydrogen (secondary N) is 1. The average molecular weight is 144 g/mol. The van der Waals surface area contributed by atoms with E-state index in [0.717, 1.165) is 0 Å². The zero-order valence-corrected chi connectivity index (χ0v) is 5.87. The van der Waals surface area contributed by atoms with Crippen LogP contribution in [0.4, 0.5) is 0 Å². The minimum Gasteiger partial charge on any atom is -0.391 e. The van der Waals surface area contributed by atoms with Crippen LogP contribution in [0.5, 0.6) is 0 Å². The van der Waals surface area contributed by atoms with Gasteiger partial charge in [-0.1, -0.05) is 6.92 Å². The molecule has 4 N–H and O–H groups in total. The molecule has 4 heteroatoms. The Balaban J connectivity index is 2.57. The Bertz CT molecular complexity index is 149. The Kier molecular flexibility index (Phi) is 1.92. The summed E-state index contributed by atoms with van der Waals surface area (Å²) in [5, 5.41) is 12.1. The summed E-state index contributed by atoms with van der Waals surface area (Å²) in [7, 11) is 0. The summed E-state index contributed by atoms with van der Waals surface area (Å²) in [6.45, 7) is 2.54. The van der Waals surface area contributed by atoms with Gasteiger partial charge < -0.3 is 16.2 Å². The van der Waals surface area contributed by atoms with Gasteiger partial charge in [0.05, 0.1) is 6.10 Å². The highest BCUT2D eigenvalue weighted by Gasteiger charge is 2.34. The number of amides is 1. The van der Waals surface area contributed by atoms with E-state index >= 15 is 0 Å². The van der Waals surface area contributed by atoms with E-state index in [-0.39, 0.29) is 5.92 Å². The lowest BCUT2D eigenvalue weighted by Crippen LogP contribution is -2.43. The summed E-state index contributed by atoms with van der Waals surface area (Å²) in [5.41, 5.74) is 4.99. The number of carbonyl (C=O) groups is 1. The number of carbonyl (C=O) groups excluding carboxylic acids is 1. The van der Waals surface area contributed by atoms with E-state index < -0.39 is 18.1 Å². The Morgan fingerprint density at radius 2 is 2.40 bits per heavy atom. The molecular formula is C6H12N2O2. The number of primary amides is 1. The van der Waals surface area contributed by atoms with Crippen molar-refractivity contribution < 1.29 is 9.90 Å². The van der Waals surface area contributed by atoms with Crippen LogP contribution in [0.2, 0.25) is 0 Å². The Morgan fingerprint density at radius 1 is 1.80 bits per heavy atom. The monoisotopic (exact) mass is 144 g/mol. The lowest BCUT2D eigenvalue weighted by molar-refractivity contribution is -0.121. The maximum Gasteiger partial charge on any atom is 0.237 e. The lowest BCUT2D eigenvalue weighted by Gasteiger charge is -2.11. The first-order valence-corrected chi connectivity index (χ1v) is 3.33. The van der Waals surface area contributed by atoms with Crippen LogP contribution >= 0.6 is 0 Å². The van der Waals surface area contributed by atoms with E-state index in [0.29, 0.717) is 6.54 Å². The largest absolute Gasteiger partial charge is 0.391 e. The molecule has 1 fully saturated rings. The molecule has 1 heterocycles. The smallest absolute Gasteiger partial charge is 0.237 e. The summed E-state index contributed by atoms with van der Waals surface area (Å²) < 4.78 is 0. The van der Waals surface area contributed by atoms with Gasteiger partial charge in [0.2, 0.25) is 5.91 Å². The molecule has 0 spiro atoms. The van der Waals surface area contributed by atoms with Gasteiger partial charge in [0.25, 0.3) is 0 Å². The molecule has 0 aromatic rings. The van der Waals surface area contributed by atoms with Crippen molar-refractivity contribution in [2.45, 2.75) is 19.1 Å². The Morgan fingerprint density at radius 3 is 2.60 bits per heavy atom. The van der Waals surface area contributed by atoms with E-state index in [2.05, 4.69) is 5.32 Å².